The number of thioether (sulfide) groups is 1. The maximum absolute atomic E-state index is 13.0. The number of hydrogen-bond donors (Lipinski definition) is 1. The molecular weight excluding hydrogens is 352 g/mol. The van der Waals surface area contributed by atoms with E-state index in [1.807, 2.05) is 40.9 Å². The van der Waals surface area contributed by atoms with E-state index in [-0.39, 0.29) is 18.0 Å². The van der Waals surface area contributed by atoms with Crippen LogP contribution in [0.1, 0.15) is 53.0 Å². The van der Waals surface area contributed by atoms with Gasteiger partial charge in [0, 0.05) is 29.4 Å². The molecule has 1 fully saturated rings. The highest BCUT2D eigenvalue weighted by atomic mass is 32.2. The van der Waals surface area contributed by atoms with Crippen LogP contribution in [-0.2, 0) is 10.2 Å². The Bertz CT molecular complexity index is 753. The van der Waals surface area contributed by atoms with Crippen molar-refractivity contribution < 1.29 is 14.7 Å². The summed E-state index contributed by atoms with van der Waals surface area (Å²) in [7, 11) is 0. The molecule has 1 aliphatic heterocycles. The van der Waals surface area contributed by atoms with Gasteiger partial charge < -0.3 is 10.0 Å². The van der Waals surface area contributed by atoms with Crippen LogP contribution < -0.4 is 4.90 Å². The molecule has 1 aliphatic carbocycles. The van der Waals surface area contributed by atoms with Crippen LogP contribution in [0.2, 0.25) is 0 Å². The highest BCUT2D eigenvalue weighted by molar-refractivity contribution is 7.98. The van der Waals surface area contributed by atoms with Gasteiger partial charge in [0.2, 0.25) is 5.91 Å². The number of carbonyl (C=O) groups is 2. The Labute approximate surface area is 158 Å². The summed E-state index contributed by atoms with van der Waals surface area (Å²) >= 11 is 1.44. The van der Waals surface area contributed by atoms with Gasteiger partial charge in [-0.1, -0.05) is 11.8 Å². The fourth-order valence-electron chi connectivity index (χ4n) is 3.90. The van der Waals surface area contributed by atoms with Crippen molar-refractivity contribution in [2.45, 2.75) is 75.7 Å². The predicted molar refractivity (Wildman–Crippen MR) is 101 cm³/mol. The second-order valence-electron chi connectivity index (χ2n) is 8.50. The minimum atomic E-state index is -0.915. The van der Waals surface area contributed by atoms with Crippen molar-refractivity contribution in [3.8, 4) is 0 Å². The van der Waals surface area contributed by atoms with Gasteiger partial charge in [-0.3, -0.25) is 9.69 Å². The molecule has 2 aliphatic rings. The molecule has 1 aromatic heterocycles. The molecule has 142 valence electrons. The first kappa shape index (κ1) is 18.9. The second kappa shape index (κ2) is 6.11. The highest BCUT2D eigenvalue weighted by Crippen LogP contribution is 2.45. The zero-order valence-corrected chi connectivity index (χ0v) is 16.9. The normalized spacial score (nSPS) is 24.2. The van der Waals surface area contributed by atoms with E-state index < -0.39 is 17.0 Å². The molecule has 0 unspecified atom stereocenters. The summed E-state index contributed by atoms with van der Waals surface area (Å²) in [6.07, 6.45) is 4.00. The Morgan fingerprint density at radius 2 is 2.00 bits per heavy atom. The van der Waals surface area contributed by atoms with Crippen LogP contribution in [0, 0.1) is 0 Å². The van der Waals surface area contributed by atoms with Crippen LogP contribution in [0.4, 0.5) is 10.6 Å². The minimum absolute atomic E-state index is 0.0149. The molecule has 1 N–H and O–H groups in total. The van der Waals surface area contributed by atoms with Crippen LogP contribution in [0.15, 0.2) is 11.4 Å². The van der Waals surface area contributed by atoms with Gasteiger partial charge in [0.15, 0.2) is 5.16 Å². The molecule has 2 amide bonds. The van der Waals surface area contributed by atoms with Gasteiger partial charge in [0.1, 0.15) is 5.82 Å². The maximum Gasteiger partial charge on any atom is 0.407 e. The van der Waals surface area contributed by atoms with E-state index in [0.29, 0.717) is 23.8 Å². The lowest BCUT2D eigenvalue weighted by Crippen LogP contribution is -2.61. The first-order valence-corrected chi connectivity index (χ1v) is 9.98. The number of carboxylic acid groups (broad SMARTS) is 1. The summed E-state index contributed by atoms with van der Waals surface area (Å²) in [5, 5.41) is 10.2. The Hall–Kier alpha value is -1.83. The van der Waals surface area contributed by atoms with Crippen LogP contribution in [0.25, 0.3) is 0 Å². The van der Waals surface area contributed by atoms with Crippen molar-refractivity contribution in [1.82, 2.24) is 14.9 Å². The fraction of sp³-hybridized carbons (Fsp3) is 0.667. The van der Waals surface area contributed by atoms with E-state index in [4.69, 9.17) is 0 Å². The molecule has 2 heterocycles. The molecule has 26 heavy (non-hydrogen) atoms. The molecule has 0 aromatic carbocycles. The van der Waals surface area contributed by atoms with Gasteiger partial charge in [-0.15, -0.1) is 0 Å². The Balaban J connectivity index is 1.86. The number of amides is 2. The first-order chi connectivity index (χ1) is 12.0. The number of anilines is 1. The topological polar surface area (TPSA) is 86.6 Å². The van der Waals surface area contributed by atoms with Gasteiger partial charge in [-0.2, -0.15) is 0 Å². The predicted octanol–water partition coefficient (Wildman–Crippen LogP) is 3.13. The number of nitrogens with zero attached hydrogens (tertiary/aromatic N) is 4. The molecule has 1 saturated carbocycles. The molecular formula is C18H26N4O3S. The van der Waals surface area contributed by atoms with E-state index in [1.54, 1.807) is 11.1 Å². The second-order valence-corrected chi connectivity index (χ2v) is 9.27. The quantitative estimate of drug-likeness (QED) is 0.642. The van der Waals surface area contributed by atoms with E-state index in [0.717, 1.165) is 5.56 Å². The van der Waals surface area contributed by atoms with Gasteiger partial charge in [0.25, 0.3) is 0 Å². The summed E-state index contributed by atoms with van der Waals surface area (Å²) < 4.78 is 0. The van der Waals surface area contributed by atoms with E-state index >= 15 is 0 Å². The number of hydrogen-bond acceptors (Lipinski definition) is 5. The zero-order valence-electron chi connectivity index (χ0n) is 16.1. The zero-order chi connectivity index (χ0) is 19.4. The number of fused-ring (bicyclic) bond motifs is 1. The third kappa shape index (κ3) is 2.84. The summed E-state index contributed by atoms with van der Waals surface area (Å²) in [5.74, 6) is 0.696. The Morgan fingerprint density at radius 3 is 2.50 bits per heavy atom. The van der Waals surface area contributed by atoms with Crippen LogP contribution in [-0.4, -0.2) is 55.9 Å². The van der Waals surface area contributed by atoms with Crippen molar-refractivity contribution in [3.63, 3.8) is 0 Å². The van der Waals surface area contributed by atoms with Crippen LogP contribution in [0.3, 0.4) is 0 Å². The molecule has 0 saturated heterocycles. The average molecular weight is 378 g/mol. The van der Waals surface area contributed by atoms with Crippen molar-refractivity contribution >= 4 is 29.6 Å². The van der Waals surface area contributed by atoms with E-state index in [1.165, 1.54) is 16.7 Å². The molecule has 8 heteroatoms. The minimum Gasteiger partial charge on any atom is -0.465 e. The maximum atomic E-state index is 13.0. The summed E-state index contributed by atoms with van der Waals surface area (Å²) in [6, 6.07) is -0.110. The SMILES string of the molecule is CSc1ncc2c(n1)N(C1CC(N(C(=O)O)C(C)(C)C)C1)C(=O)C2(C)C. The van der Waals surface area contributed by atoms with Crippen molar-refractivity contribution in [3.05, 3.63) is 11.8 Å². The molecule has 7 nitrogen and oxygen atoms in total. The van der Waals surface area contributed by atoms with Crippen LogP contribution in [0.5, 0.6) is 0 Å². The standard InChI is InChI=1S/C18H26N4O3S/c1-17(2,3)22(16(24)25)11-7-10(8-11)21-13-12(18(4,5)14(21)23)9-19-15(20-13)26-6/h9-11H,7-8H2,1-6H3,(H,24,25). The lowest BCUT2D eigenvalue weighted by atomic mass is 9.81. The molecule has 1 aromatic rings. The lowest BCUT2D eigenvalue weighted by Gasteiger charge is -2.49. The lowest BCUT2D eigenvalue weighted by molar-refractivity contribution is -0.123. The monoisotopic (exact) mass is 378 g/mol. The average Bonchev–Trinajstić information content (AvgIpc) is 2.68. The number of aromatic nitrogens is 2. The molecule has 3 rings (SSSR count). The first-order valence-electron chi connectivity index (χ1n) is 8.76. The van der Waals surface area contributed by atoms with Gasteiger partial charge in [-0.05, 0) is 53.7 Å². The molecule has 0 radical (unpaired) electrons. The number of carbonyl (C=O) groups excluding carboxylic acids is 1. The van der Waals surface area contributed by atoms with E-state index in [2.05, 4.69) is 9.97 Å². The van der Waals surface area contributed by atoms with Crippen molar-refractivity contribution in [2.24, 2.45) is 0 Å². The van der Waals surface area contributed by atoms with Gasteiger partial charge >= 0.3 is 6.09 Å². The van der Waals surface area contributed by atoms with Gasteiger partial charge in [-0.25, -0.2) is 14.8 Å². The highest BCUT2D eigenvalue weighted by Gasteiger charge is 2.52. The summed E-state index contributed by atoms with van der Waals surface area (Å²) in [4.78, 5) is 36.9. The third-order valence-corrected chi connectivity index (χ3v) is 5.89. The molecule has 0 spiro atoms. The largest absolute Gasteiger partial charge is 0.465 e. The van der Waals surface area contributed by atoms with Crippen LogP contribution >= 0.6 is 11.8 Å². The summed E-state index contributed by atoms with van der Waals surface area (Å²) in [6.45, 7) is 9.47. The number of rotatable bonds is 3. The summed E-state index contributed by atoms with van der Waals surface area (Å²) in [5.41, 5.74) is -0.287. The molecule has 0 atom stereocenters. The Kier molecular flexibility index (Phi) is 4.45. The van der Waals surface area contributed by atoms with E-state index in [9.17, 15) is 14.7 Å². The molecule has 0 bridgehead atoms. The van der Waals surface area contributed by atoms with Gasteiger partial charge in [0.05, 0.1) is 5.41 Å². The smallest absolute Gasteiger partial charge is 0.407 e. The van der Waals surface area contributed by atoms with Crippen molar-refractivity contribution in [1.29, 1.82) is 0 Å². The van der Waals surface area contributed by atoms with Crippen molar-refractivity contribution in [2.75, 3.05) is 11.2 Å². The Morgan fingerprint density at radius 1 is 1.38 bits per heavy atom. The third-order valence-electron chi connectivity index (χ3n) is 5.33. The fourth-order valence-corrected chi connectivity index (χ4v) is 4.24.